The molecular weight excluding hydrogens is 240 g/mol. The maximum atomic E-state index is 11.4. The molecule has 0 aliphatic rings. The van der Waals surface area contributed by atoms with Gasteiger partial charge in [0.2, 0.25) is 11.8 Å². The number of methoxy groups -OCH3 is 1. The van der Waals surface area contributed by atoms with E-state index in [-0.39, 0.29) is 5.91 Å². The number of hydrogen-bond donors (Lipinski definition) is 1. The Labute approximate surface area is 106 Å². The molecule has 0 saturated heterocycles. The van der Waals surface area contributed by atoms with Crippen molar-refractivity contribution in [1.29, 1.82) is 0 Å². The van der Waals surface area contributed by atoms with Gasteiger partial charge in [-0.15, -0.1) is 11.6 Å². The number of aromatic nitrogens is 1. The number of rotatable bonds is 7. The number of amides is 1. The fraction of sp³-hybridized carbons (Fsp3) is 0.500. The predicted octanol–water partition coefficient (Wildman–Crippen LogP) is 2.12. The van der Waals surface area contributed by atoms with Crippen LogP contribution in [0.4, 0.5) is 0 Å². The summed E-state index contributed by atoms with van der Waals surface area (Å²) >= 11 is 5.54. The number of halogens is 1. The zero-order chi connectivity index (χ0) is 12.5. The summed E-state index contributed by atoms with van der Waals surface area (Å²) in [4.78, 5) is 15.4. The molecular formula is C12H17ClN2O2. The van der Waals surface area contributed by atoms with Gasteiger partial charge in [-0.25, -0.2) is 4.98 Å². The number of hydrogen-bond acceptors (Lipinski definition) is 3. The highest BCUT2D eigenvalue weighted by atomic mass is 35.5. The van der Waals surface area contributed by atoms with E-state index in [2.05, 4.69) is 10.3 Å². The molecule has 0 fully saturated rings. The first-order valence-corrected chi connectivity index (χ1v) is 6.11. The molecule has 0 aliphatic heterocycles. The number of unbranched alkanes of at least 4 members (excludes halogenated alkanes) is 1. The fourth-order valence-electron chi connectivity index (χ4n) is 1.34. The van der Waals surface area contributed by atoms with Crippen LogP contribution in [0.15, 0.2) is 18.3 Å². The predicted molar refractivity (Wildman–Crippen MR) is 67.2 cm³/mol. The molecule has 1 rings (SSSR count). The number of ether oxygens (including phenoxy) is 1. The van der Waals surface area contributed by atoms with Crippen LogP contribution in [-0.2, 0) is 11.3 Å². The van der Waals surface area contributed by atoms with Crippen LogP contribution in [0.1, 0.15) is 24.8 Å². The smallest absolute Gasteiger partial charge is 0.220 e. The van der Waals surface area contributed by atoms with E-state index >= 15 is 0 Å². The van der Waals surface area contributed by atoms with Gasteiger partial charge in [0.25, 0.3) is 0 Å². The highest BCUT2D eigenvalue weighted by Gasteiger charge is 2.02. The summed E-state index contributed by atoms with van der Waals surface area (Å²) in [5, 5.41) is 2.84. The van der Waals surface area contributed by atoms with Crippen molar-refractivity contribution >= 4 is 17.5 Å². The van der Waals surface area contributed by atoms with Crippen molar-refractivity contribution in [2.75, 3.05) is 13.0 Å². The van der Waals surface area contributed by atoms with Gasteiger partial charge in [-0.1, -0.05) is 0 Å². The third-order valence-corrected chi connectivity index (χ3v) is 2.55. The molecule has 5 heteroatoms. The Morgan fingerprint density at radius 2 is 2.35 bits per heavy atom. The van der Waals surface area contributed by atoms with Crippen LogP contribution < -0.4 is 10.1 Å². The Morgan fingerprint density at radius 1 is 1.53 bits per heavy atom. The summed E-state index contributed by atoms with van der Waals surface area (Å²) in [5.41, 5.74) is 0.975. The zero-order valence-electron chi connectivity index (χ0n) is 9.91. The molecule has 0 spiro atoms. The second-order valence-corrected chi connectivity index (χ2v) is 4.01. The highest BCUT2D eigenvalue weighted by molar-refractivity contribution is 6.17. The van der Waals surface area contributed by atoms with Gasteiger partial charge >= 0.3 is 0 Å². The SMILES string of the molecule is COc1cc(CNC(=O)CCCCCl)ccn1. The first-order valence-electron chi connectivity index (χ1n) is 5.58. The van der Waals surface area contributed by atoms with E-state index in [0.717, 1.165) is 18.4 Å². The van der Waals surface area contributed by atoms with Gasteiger partial charge < -0.3 is 10.1 Å². The molecule has 1 amide bonds. The van der Waals surface area contributed by atoms with Crippen molar-refractivity contribution in [3.63, 3.8) is 0 Å². The normalized spacial score (nSPS) is 10.0. The average molecular weight is 257 g/mol. The topological polar surface area (TPSA) is 51.2 Å². The summed E-state index contributed by atoms with van der Waals surface area (Å²) < 4.78 is 5.00. The van der Waals surface area contributed by atoms with Gasteiger partial charge in [0.05, 0.1) is 7.11 Å². The second-order valence-electron chi connectivity index (χ2n) is 3.63. The molecule has 94 valence electrons. The van der Waals surface area contributed by atoms with Crippen LogP contribution >= 0.6 is 11.6 Å². The zero-order valence-corrected chi connectivity index (χ0v) is 10.7. The number of carbonyl (C=O) groups excluding carboxylic acids is 1. The highest BCUT2D eigenvalue weighted by Crippen LogP contribution is 2.08. The van der Waals surface area contributed by atoms with Crippen LogP contribution in [0.3, 0.4) is 0 Å². The molecule has 17 heavy (non-hydrogen) atoms. The van der Waals surface area contributed by atoms with Crippen LogP contribution in [0, 0.1) is 0 Å². The van der Waals surface area contributed by atoms with Gasteiger partial charge in [-0.3, -0.25) is 4.79 Å². The number of nitrogens with one attached hydrogen (secondary N) is 1. The Bertz CT molecular complexity index is 358. The van der Waals surface area contributed by atoms with E-state index in [4.69, 9.17) is 16.3 Å². The van der Waals surface area contributed by atoms with E-state index in [1.807, 2.05) is 6.07 Å². The Morgan fingerprint density at radius 3 is 3.06 bits per heavy atom. The maximum Gasteiger partial charge on any atom is 0.220 e. The van der Waals surface area contributed by atoms with Gasteiger partial charge in [0.1, 0.15) is 0 Å². The molecule has 1 N–H and O–H groups in total. The largest absolute Gasteiger partial charge is 0.481 e. The number of pyridine rings is 1. The van der Waals surface area contributed by atoms with Crippen LogP contribution in [0.5, 0.6) is 5.88 Å². The van der Waals surface area contributed by atoms with E-state index in [1.54, 1.807) is 19.4 Å². The maximum absolute atomic E-state index is 11.4. The van der Waals surface area contributed by atoms with E-state index in [0.29, 0.717) is 24.7 Å². The first-order chi connectivity index (χ1) is 8.26. The third kappa shape index (κ3) is 5.54. The van der Waals surface area contributed by atoms with Crippen LogP contribution in [0.25, 0.3) is 0 Å². The van der Waals surface area contributed by atoms with Crippen molar-refractivity contribution in [2.45, 2.75) is 25.8 Å². The lowest BCUT2D eigenvalue weighted by molar-refractivity contribution is -0.121. The first kappa shape index (κ1) is 13.8. The minimum Gasteiger partial charge on any atom is -0.481 e. The molecule has 0 saturated carbocycles. The minimum absolute atomic E-state index is 0.0471. The fourth-order valence-corrected chi connectivity index (χ4v) is 1.53. The molecule has 0 radical (unpaired) electrons. The lowest BCUT2D eigenvalue weighted by atomic mass is 10.2. The van der Waals surface area contributed by atoms with Gasteiger partial charge in [0, 0.05) is 31.1 Å². The summed E-state index contributed by atoms with van der Waals surface area (Å²) in [6, 6.07) is 3.65. The van der Waals surface area contributed by atoms with Crippen LogP contribution in [-0.4, -0.2) is 23.9 Å². The number of nitrogens with zero attached hydrogens (tertiary/aromatic N) is 1. The van der Waals surface area contributed by atoms with E-state index < -0.39 is 0 Å². The van der Waals surface area contributed by atoms with Gasteiger partial charge in [-0.05, 0) is 24.5 Å². The molecule has 0 bridgehead atoms. The quantitative estimate of drug-likeness (QED) is 0.601. The third-order valence-electron chi connectivity index (χ3n) is 2.29. The lowest BCUT2D eigenvalue weighted by Gasteiger charge is -2.06. The molecule has 4 nitrogen and oxygen atoms in total. The van der Waals surface area contributed by atoms with Crippen molar-refractivity contribution in [2.24, 2.45) is 0 Å². The molecule has 0 aliphatic carbocycles. The van der Waals surface area contributed by atoms with Gasteiger partial charge in [-0.2, -0.15) is 0 Å². The Hall–Kier alpha value is -1.29. The molecule has 0 atom stereocenters. The molecule has 1 aromatic rings. The van der Waals surface area contributed by atoms with Crippen molar-refractivity contribution in [1.82, 2.24) is 10.3 Å². The lowest BCUT2D eigenvalue weighted by Crippen LogP contribution is -2.22. The Kier molecular flexibility index (Phi) is 6.40. The van der Waals surface area contributed by atoms with Crippen molar-refractivity contribution in [3.05, 3.63) is 23.9 Å². The Balaban J connectivity index is 2.31. The minimum atomic E-state index is 0.0471. The average Bonchev–Trinajstić information content (AvgIpc) is 2.37. The van der Waals surface area contributed by atoms with E-state index in [1.165, 1.54) is 0 Å². The summed E-state index contributed by atoms with van der Waals surface area (Å²) in [6.45, 7) is 0.499. The molecule has 0 unspecified atom stereocenters. The molecule has 0 aromatic carbocycles. The van der Waals surface area contributed by atoms with E-state index in [9.17, 15) is 4.79 Å². The monoisotopic (exact) mass is 256 g/mol. The summed E-state index contributed by atoms with van der Waals surface area (Å²) in [6.07, 6.45) is 3.88. The standard InChI is InChI=1S/C12H17ClN2O2/c1-17-12-8-10(5-7-14-12)9-15-11(16)4-2-3-6-13/h5,7-8H,2-4,6,9H2,1H3,(H,15,16). The summed E-state index contributed by atoms with van der Waals surface area (Å²) in [5.74, 6) is 1.21. The summed E-state index contributed by atoms with van der Waals surface area (Å²) in [7, 11) is 1.57. The van der Waals surface area contributed by atoms with Crippen molar-refractivity contribution < 1.29 is 9.53 Å². The number of alkyl halides is 1. The second kappa shape index (κ2) is 7.90. The van der Waals surface area contributed by atoms with Crippen molar-refractivity contribution in [3.8, 4) is 5.88 Å². The number of carbonyl (C=O) groups is 1. The van der Waals surface area contributed by atoms with Gasteiger partial charge in [0.15, 0.2) is 0 Å². The molecule has 1 aromatic heterocycles. The van der Waals surface area contributed by atoms with Crippen LogP contribution in [0.2, 0.25) is 0 Å². The molecule has 1 heterocycles.